The lowest BCUT2D eigenvalue weighted by Crippen LogP contribution is -2.06. The van der Waals surface area contributed by atoms with Gasteiger partial charge in [0.25, 0.3) is 5.69 Å². The van der Waals surface area contributed by atoms with Gasteiger partial charge in [0.05, 0.1) is 16.7 Å². The van der Waals surface area contributed by atoms with Gasteiger partial charge in [-0.2, -0.15) is 18.3 Å². The second-order valence-electron chi connectivity index (χ2n) is 4.27. The van der Waals surface area contributed by atoms with E-state index in [0.717, 1.165) is 17.7 Å². The number of alkyl halides is 3. The molecule has 0 radical (unpaired) electrons. The lowest BCUT2D eigenvalue weighted by molar-refractivity contribution is -0.384. The van der Waals surface area contributed by atoms with Gasteiger partial charge in [0, 0.05) is 6.07 Å². The summed E-state index contributed by atoms with van der Waals surface area (Å²) in [5.41, 5.74) is 1.22. The van der Waals surface area contributed by atoms with Crippen LogP contribution in [0, 0.1) is 10.1 Å². The van der Waals surface area contributed by atoms with Crippen LogP contribution in [0.15, 0.2) is 53.6 Å². The standard InChI is InChI=1S/C14H10F3N3O2/c15-14(16,17)11-6-7-12(13(8-11)20(21)22)19-18-9-10-4-2-1-3-5-10/h1-9,19H/b18-9-. The lowest BCUT2D eigenvalue weighted by atomic mass is 10.1. The largest absolute Gasteiger partial charge is 0.416 e. The van der Waals surface area contributed by atoms with Crippen molar-refractivity contribution >= 4 is 17.6 Å². The van der Waals surface area contributed by atoms with Gasteiger partial charge in [0.15, 0.2) is 0 Å². The van der Waals surface area contributed by atoms with Gasteiger partial charge in [-0.25, -0.2) is 0 Å². The number of rotatable bonds is 4. The number of nitro groups is 1. The summed E-state index contributed by atoms with van der Waals surface area (Å²) >= 11 is 0. The first-order valence-electron chi connectivity index (χ1n) is 6.07. The van der Waals surface area contributed by atoms with Crippen molar-refractivity contribution < 1.29 is 18.1 Å². The van der Waals surface area contributed by atoms with Gasteiger partial charge in [-0.1, -0.05) is 30.3 Å². The van der Waals surface area contributed by atoms with Gasteiger partial charge < -0.3 is 0 Å². The molecular weight excluding hydrogens is 299 g/mol. The Hall–Kier alpha value is -2.90. The fourth-order valence-corrected chi connectivity index (χ4v) is 1.67. The van der Waals surface area contributed by atoms with E-state index in [9.17, 15) is 23.3 Å². The Morgan fingerprint density at radius 3 is 2.41 bits per heavy atom. The van der Waals surface area contributed by atoms with E-state index in [-0.39, 0.29) is 5.69 Å². The number of benzene rings is 2. The van der Waals surface area contributed by atoms with Crippen molar-refractivity contribution in [3.63, 3.8) is 0 Å². The molecule has 0 aliphatic carbocycles. The summed E-state index contributed by atoms with van der Waals surface area (Å²) in [6.45, 7) is 0. The van der Waals surface area contributed by atoms with Crippen molar-refractivity contribution in [2.24, 2.45) is 5.10 Å². The number of halogens is 3. The van der Waals surface area contributed by atoms with Crippen LogP contribution in [0.2, 0.25) is 0 Å². The molecule has 0 atom stereocenters. The molecule has 1 N–H and O–H groups in total. The van der Waals surface area contributed by atoms with Gasteiger partial charge in [-0.15, -0.1) is 0 Å². The average molecular weight is 309 g/mol. The smallest absolute Gasteiger partial charge is 0.272 e. The third-order valence-electron chi connectivity index (χ3n) is 2.72. The maximum atomic E-state index is 12.6. The first-order valence-corrected chi connectivity index (χ1v) is 6.07. The van der Waals surface area contributed by atoms with Crippen molar-refractivity contribution in [1.82, 2.24) is 0 Å². The second-order valence-corrected chi connectivity index (χ2v) is 4.27. The summed E-state index contributed by atoms with van der Waals surface area (Å²) in [6, 6.07) is 11.1. The maximum Gasteiger partial charge on any atom is 0.416 e. The number of hydrogen-bond donors (Lipinski definition) is 1. The molecule has 2 aromatic rings. The molecule has 114 valence electrons. The number of nitrogens with zero attached hydrogens (tertiary/aromatic N) is 2. The Morgan fingerprint density at radius 1 is 1.14 bits per heavy atom. The molecule has 5 nitrogen and oxygen atoms in total. The fourth-order valence-electron chi connectivity index (χ4n) is 1.67. The first-order chi connectivity index (χ1) is 10.4. The van der Waals surface area contributed by atoms with Crippen LogP contribution >= 0.6 is 0 Å². The SMILES string of the molecule is O=[N+]([O-])c1cc(C(F)(F)F)ccc1N/N=C\c1ccccc1. The van der Waals surface area contributed by atoms with E-state index >= 15 is 0 Å². The Morgan fingerprint density at radius 2 is 1.82 bits per heavy atom. The van der Waals surface area contributed by atoms with Crippen molar-refractivity contribution in [2.75, 3.05) is 5.43 Å². The first kappa shape index (κ1) is 15.5. The predicted molar refractivity (Wildman–Crippen MR) is 75.8 cm³/mol. The molecule has 0 unspecified atom stereocenters. The summed E-state index contributed by atoms with van der Waals surface area (Å²) in [4.78, 5) is 9.99. The number of nitrogens with one attached hydrogen (secondary N) is 1. The third-order valence-corrected chi connectivity index (χ3v) is 2.72. The highest BCUT2D eigenvalue weighted by Crippen LogP contribution is 2.34. The molecule has 0 saturated carbocycles. The molecule has 0 saturated heterocycles. The van der Waals surface area contributed by atoms with Gasteiger partial charge in [0.2, 0.25) is 0 Å². The highest BCUT2D eigenvalue weighted by atomic mass is 19.4. The monoisotopic (exact) mass is 309 g/mol. The van der Waals surface area contributed by atoms with Crippen LogP contribution in [-0.2, 0) is 6.18 Å². The Bertz CT molecular complexity index is 700. The van der Waals surface area contributed by atoms with Crippen LogP contribution in [0.1, 0.15) is 11.1 Å². The number of hydrogen-bond acceptors (Lipinski definition) is 4. The second kappa shape index (κ2) is 6.25. The summed E-state index contributed by atoms with van der Waals surface area (Å²) in [6.07, 6.45) is -3.24. The minimum Gasteiger partial charge on any atom is -0.272 e. The predicted octanol–water partition coefficient (Wildman–Crippen LogP) is 4.06. The van der Waals surface area contributed by atoms with Crippen LogP contribution in [0.3, 0.4) is 0 Å². The molecule has 8 heteroatoms. The van der Waals surface area contributed by atoms with E-state index in [2.05, 4.69) is 10.5 Å². The van der Waals surface area contributed by atoms with Crippen LogP contribution in [0.25, 0.3) is 0 Å². The molecular formula is C14H10F3N3O2. The zero-order chi connectivity index (χ0) is 16.2. The van der Waals surface area contributed by atoms with E-state index in [1.165, 1.54) is 6.21 Å². The van der Waals surface area contributed by atoms with E-state index in [1.807, 2.05) is 6.07 Å². The fraction of sp³-hybridized carbons (Fsp3) is 0.0714. The third kappa shape index (κ3) is 3.81. The van der Waals surface area contributed by atoms with Gasteiger partial charge >= 0.3 is 6.18 Å². The maximum absolute atomic E-state index is 12.6. The van der Waals surface area contributed by atoms with Crippen molar-refractivity contribution in [2.45, 2.75) is 6.18 Å². The summed E-state index contributed by atoms with van der Waals surface area (Å²) in [7, 11) is 0. The van der Waals surface area contributed by atoms with Crippen LogP contribution in [-0.4, -0.2) is 11.1 Å². The minimum absolute atomic E-state index is 0.120. The summed E-state index contributed by atoms with van der Waals surface area (Å²) in [5.74, 6) is 0. The Kier molecular flexibility index (Phi) is 4.40. The van der Waals surface area contributed by atoms with Crippen molar-refractivity contribution in [3.05, 3.63) is 69.8 Å². The normalized spacial score (nSPS) is 11.6. The highest BCUT2D eigenvalue weighted by molar-refractivity contribution is 5.80. The van der Waals surface area contributed by atoms with E-state index in [0.29, 0.717) is 6.07 Å². The van der Waals surface area contributed by atoms with Gasteiger partial charge in [0.1, 0.15) is 5.69 Å². The van der Waals surface area contributed by atoms with Crippen LogP contribution in [0.4, 0.5) is 24.5 Å². The lowest BCUT2D eigenvalue weighted by Gasteiger charge is -2.08. The number of anilines is 1. The molecule has 2 aromatic carbocycles. The van der Waals surface area contributed by atoms with Gasteiger partial charge in [-0.05, 0) is 17.7 Å². The topological polar surface area (TPSA) is 67.5 Å². The zero-order valence-corrected chi connectivity index (χ0v) is 11.0. The Balaban J connectivity index is 2.24. The van der Waals surface area contributed by atoms with Crippen LogP contribution < -0.4 is 5.43 Å². The quantitative estimate of drug-likeness (QED) is 0.526. The Labute approximate surface area is 123 Å². The number of hydrazone groups is 1. The summed E-state index contributed by atoms with van der Waals surface area (Å²) in [5, 5.41) is 14.7. The van der Waals surface area contributed by atoms with E-state index < -0.39 is 22.4 Å². The molecule has 0 amide bonds. The molecule has 2 rings (SSSR count). The highest BCUT2D eigenvalue weighted by Gasteiger charge is 2.33. The molecule has 0 bridgehead atoms. The molecule has 0 spiro atoms. The molecule has 0 aliphatic rings. The zero-order valence-electron chi connectivity index (χ0n) is 11.0. The molecule has 0 aromatic heterocycles. The molecule has 22 heavy (non-hydrogen) atoms. The molecule has 0 aliphatic heterocycles. The van der Waals surface area contributed by atoms with E-state index in [4.69, 9.17) is 0 Å². The average Bonchev–Trinajstić information content (AvgIpc) is 2.47. The van der Waals surface area contributed by atoms with Crippen molar-refractivity contribution in [1.29, 1.82) is 0 Å². The van der Waals surface area contributed by atoms with E-state index in [1.54, 1.807) is 24.3 Å². The molecule has 0 fully saturated rings. The van der Waals surface area contributed by atoms with Gasteiger partial charge in [-0.3, -0.25) is 15.5 Å². The number of nitro benzene ring substituents is 1. The molecule has 0 heterocycles. The minimum atomic E-state index is -4.64. The summed E-state index contributed by atoms with van der Waals surface area (Å²) < 4.78 is 37.7. The van der Waals surface area contributed by atoms with Crippen molar-refractivity contribution in [3.8, 4) is 0 Å². The van der Waals surface area contributed by atoms with Crippen LogP contribution in [0.5, 0.6) is 0 Å².